The van der Waals surface area contributed by atoms with Gasteiger partial charge in [-0.15, -0.1) is 0 Å². The van der Waals surface area contributed by atoms with Crippen LogP contribution in [0.5, 0.6) is 0 Å². The van der Waals surface area contributed by atoms with E-state index in [0.29, 0.717) is 18.0 Å². The third kappa shape index (κ3) is 2.34. The lowest BCUT2D eigenvalue weighted by Gasteiger charge is -2.39. The summed E-state index contributed by atoms with van der Waals surface area (Å²) in [6.45, 7) is 3.51. The number of aryl methyl sites for hydroxylation is 1. The Bertz CT molecular complexity index is 401. The summed E-state index contributed by atoms with van der Waals surface area (Å²) in [6.07, 6.45) is 5.59. The number of aromatic nitrogens is 2. The highest BCUT2D eigenvalue weighted by Crippen LogP contribution is 2.24. The Hall–Kier alpha value is -1.36. The van der Waals surface area contributed by atoms with Crippen molar-refractivity contribution < 1.29 is 4.79 Å². The normalized spacial score (nSPS) is 25.0. The van der Waals surface area contributed by atoms with Crippen molar-refractivity contribution in [3.8, 4) is 0 Å². The van der Waals surface area contributed by atoms with Crippen molar-refractivity contribution in [2.24, 2.45) is 18.7 Å². The van der Waals surface area contributed by atoms with E-state index in [0.717, 1.165) is 19.4 Å². The predicted molar refractivity (Wildman–Crippen MR) is 65.5 cm³/mol. The van der Waals surface area contributed by atoms with Crippen molar-refractivity contribution >= 4 is 5.91 Å². The molecule has 5 nitrogen and oxygen atoms in total. The number of carbonyl (C=O) groups excluding carboxylic acids is 1. The second-order valence-electron chi connectivity index (χ2n) is 4.82. The van der Waals surface area contributed by atoms with Gasteiger partial charge >= 0.3 is 0 Å². The number of hydrogen-bond acceptors (Lipinski definition) is 3. The van der Waals surface area contributed by atoms with E-state index in [1.54, 1.807) is 17.1 Å². The van der Waals surface area contributed by atoms with Gasteiger partial charge in [0.1, 0.15) is 0 Å². The summed E-state index contributed by atoms with van der Waals surface area (Å²) in [5, 5.41) is 4.04. The number of nitrogens with two attached hydrogens (primary N) is 1. The summed E-state index contributed by atoms with van der Waals surface area (Å²) >= 11 is 0. The lowest BCUT2D eigenvalue weighted by molar-refractivity contribution is 0.0532. The van der Waals surface area contributed by atoms with Gasteiger partial charge in [-0.2, -0.15) is 5.10 Å². The van der Waals surface area contributed by atoms with Crippen LogP contribution in [0.2, 0.25) is 0 Å². The van der Waals surface area contributed by atoms with E-state index in [2.05, 4.69) is 12.0 Å². The van der Waals surface area contributed by atoms with Gasteiger partial charge in [0.05, 0.1) is 11.8 Å². The van der Waals surface area contributed by atoms with Gasteiger partial charge in [-0.1, -0.05) is 6.92 Å². The fraction of sp³-hybridized carbons (Fsp3) is 0.667. The van der Waals surface area contributed by atoms with Crippen LogP contribution in [-0.4, -0.2) is 39.7 Å². The zero-order valence-corrected chi connectivity index (χ0v) is 10.5. The number of hydrogen-bond donors (Lipinski definition) is 1. The largest absolute Gasteiger partial charge is 0.334 e. The number of rotatable bonds is 2. The van der Waals surface area contributed by atoms with E-state index < -0.39 is 0 Å². The SMILES string of the molecule is C[C@@H]1CCCN(C(=O)c2cnn(C)c2)[C@@H]1CN. The van der Waals surface area contributed by atoms with Gasteiger partial charge in [-0.3, -0.25) is 9.48 Å². The van der Waals surface area contributed by atoms with Crippen molar-refractivity contribution in [1.82, 2.24) is 14.7 Å². The average molecular weight is 236 g/mol. The molecule has 2 heterocycles. The maximum atomic E-state index is 12.3. The van der Waals surface area contributed by atoms with E-state index in [1.807, 2.05) is 11.9 Å². The fourth-order valence-electron chi connectivity index (χ4n) is 2.56. The number of carbonyl (C=O) groups is 1. The molecular formula is C12H20N4O. The molecule has 0 unspecified atom stereocenters. The highest BCUT2D eigenvalue weighted by atomic mass is 16.2. The van der Waals surface area contributed by atoms with Crippen molar-refractivity contribution in [2.45, 2.75) is 25.8 Å². The molecule has 0 bridgehead atoms. The molecule has 1 aliphatic rings. The molecule has 0 saturated carbocycles. The Morgan fingerprint density at radius 1 is 1.65 bits per heavy atom. The second-order valence-corrected chi connectivity index (χ2v) is 4.82. The smallest absolute Gasteiger partial charge is 0.257 e. The zero-order chi connectivity index (χ0) is 12.4. The molecule has 2 rings (SSSR count). The first-order valence-electron chi connectivity index (χ1n) is 6.13. The van der Waals surface area contributed by atoms with Crippen LogP contribution in [-0.2, 0) is 7.05 Å². The molecule has 0 radical (unpaired) electrons. The number of nitrogens with zero attached hydrogens (tertiary/aromatic N) is 3. The first-order chi connectivity index (χ1) is 8.13. The van der Waals surface area contributed by atoms with Crippen molar-refractivity contribution in [1.29, 1.82) is 0 Å². The summed E-state index contributed by atoms with van der Waals surface area (Å²) in [6, 6.07) is 0.163. The quantitative estimate of drug-likeness (QED) is 0.818. The summed E-state index contributed by atoms with van der Waals surface area (Å²) in [5.74, 6) is 0.537. The molecule has 0 aliphatic carbocycles. The molecule has 2 atom stereocenters. The molecule has 1 aliphatic heterocycles. The van der Waals surface area contributed by atoms with Gasteiger partial charge in [0.25, 0.3) is 5.91 Å². The van der Waals surface area contributed by atoms with E-state index in [-0.39, 0.29) is 11.9 Å². The summed E-state index contributed by atoms with van der Waals surface area (Å²) in [5.41, 5.74) is 6.44. The van der Waals surface area contributed by atoms with Gasteiger partial charge in [0.15, 0.2) is 0 Å². The molecule has 17 heavy (non-hydrogen) atoms. The maximum absolute atomic E-state index is 12.3. The lowest BCUT2D eigenvalue weighted by atomic mass is 9.90. The number of likely N-dealkylation sites (tertiary alicyclic amines) is 1. The Morgan fingerprint density at radius 2 is 2.41 bits per heavy atom. The van der Waals surface area contributed by atoms with Gasteiger partial charge in [0.2, 0.25) is 0 Å². The van der Waals surface area contributed by atoms with Gasteiger partial charge in [-0.25, -0.2) is 0 Å². The van der Waals surface area contributed by atoms with Crippen LogP contribution in [0.15, 0.2) is 12.4 Å². The van der Waals surface area contributed by atoms with Crippen LogP contribution >= 0.6 is 0 Å². The second kappa shape index (κ2) is 4.87. The van der Waals surface area contributed by atoms with Crippen LogP contribution in [0.1, 0.15) is 30.1 Å². The monoisotopic (exact) mass is 236 g/mol. The Labute approximate surface area is 102 Å². The Morgan fingerprint density at radius 3 is 3.00 bits per heavy atom. The summed E-state index contributed by atoms with van der Waals surface area (Å²) in [7, 11) is 1.82. The van der Waals surface area contributed by atoms with Crippen LogP contribution in [0, 0.1) is 5.92 Å². The zero-order valence-electron chi connectivity index (χ0n) is 10.5. The van der Waals surface area contributed by atoms with E-state index in [1.165, 1.54) is 0 Å². The van der Waals surface area contributed by atoms with E-state index in [4.69, 9.17) is 5.73 Å². The van der Waals surface area contributed by atoms with E-state index in [9.17, 15) is 4.79 Å². The lowest BCUT2D eigenvalue weighted by Crippen LogP contribution is -2.51. The van der Waals surface area contributed by atoms with Crippen molar-refractivity contribution in [3.63, 3.8) is 0 Å². The topological polar surface area (TPSA) is 64.2 Å². The third-order valence-electron chi connectivity index (χ3n) is 3.57. The molecule has 1 fully saturated rings. The van der Waals surface area contributed by atoms with Gasteiger partial charge < -0.3 is 10.6 Å². The molecule has 1 aromatic rings. The molecule has 1 amide bonds. The van der Waals surface area contributed by atoms with Gasteiger partial charge in [-0.05, 0) is 18.8 Å². The minimum absolute atomic E-state index is 0.0556. The number of amides is 1. The summed E-state index contributed by atoms with van der Waals surface area (Å²) < 4.78 is 1.65. The third-order valence-corrected chi connectivity index (χ3v) is 3.57. The first-order valence-corrected chi connectivity index (χ1v) is 6.13. The molecule has 0 spiro atoms. The van der Waals surface area contributed by atoms with Crippen LogP contribution in [0.4, 0.5) is 0 Å². The highest BCUT2D eigenvalue weighted by Gasteiger charge is 2.31. The van der Waals surface area contributed by atoms with Crippen LogP contribution in [0.3, 0.4) is 0 Å². The minimum Gasteiger partial charge on any atom is -0.334 e. The maximum Gasteiger partial charge on any atom is 0.257 e. The molecular weight excluding hydrogens is 216 g/mol. The predicted octanol–water partition coefficient (Wildman–Crippen LogP) is 0.620. The molecule has 1 aromatic heterocycles. The molecule has 5 heteroatoms. The van der Waals surface area contributed by atoms with Crippen molar-refractivity contribution in [3.05, 3.63) is 18.0 Å². The fourth-order valence-corrected chi connectivity index (χ4v) is 2.56. The summed E-state index contributed by atoms with van der Waals surface area (Å²) in [4.78, 5) is 14.3. The molecule has 1 saturated heterocycles. The average Bonchev–Trinajstić information content (AvgIpc) is 2.74. The van der Waals surface area contributed by atoms with Gasteiger partial charge in [0, 0.05) is 32.4 Å². The number of piperidine rings is 1. The van der Waals surface area contributed by atoms with E-state index >= 15 is 0 Å². The molecule has 0 aromatic carbocycles. The van der Waals surface area contributed by atoms with Crippen molar-refractivity contribution in [2.75, 3.05) is 13.1 Å². The minimum atomic E-state index is 0.0556. The van der Waals surface area contributed by atoms with Crippen LogP contribution in [0.25, 0.3) is 0 Å². The first kappa shape index (κ1) is 12.1. The van der Waals surface area contributed by atoms with Crippen LogP contribution < -0.4 is 5.73 Å². The Kier molecular flexibility index (Phi) is 3.47. The molecule has 94 valence electrons. The Balaban J connectivity index is 2.17. The highest BCUT2D eigenvalue weighted by molar-refractivity contribution is 5.94. The standard InChI is InChI=1S/C12H20N4O/c1-9-4-3-5-16(11(9)6-13)12(17)10-7-14-15(2)8-10/h7-9,11H,3-6,13H2,1-2H3/t9-,11-/m1/s1. The molecule has 2 N–H and O–H groups in total.